The van der Waals surface area contributed by atoms with Crippen molar-refractivity contribution in [3.8, 4) is 11.5 Å². The second-order valence-corrected chi connectivity index (χ2v) is 10.5. The van der Waals surface area contributed by atoms with Crippen LogP contribution in [-0.4, -0.2) is 11.1 Å². The number of hydrogen-bond donors (Lipinski definition) is 1. The van der Waals surface area contributed by atoms with Gasteiger partial charge >= 0.3 is 5.97 Å². The van der Waals surface area contributed by atoms with E-state index in [1.165, 1.54) is 6.92 Å². The molecule has 0 aromatic heterocycles. The molecule has 0 aliphatic rings. The predicted octanol–water partition coefficient (Wildman–Crippen LogP) is 6.68. The zero-order valence-electron chi connectivity index (χ0n) is 18.5. The molecule has 0 fully saturated rings. The Kier molecular flexibility index (Phi) is 6.25. The Balaban J connectivity index is 2.57. The Hall–Kier alpha value is -1.94. The van der Waals surface area contributed by atoms with E-state index in [9.17, 15) is 9.90 Å². The van der Waals surface area contributed by atoms with Gasteiger partial charge in [0, 0.05) is 27.8 Å². The molecule has 2 aromatic carbocycles. The van der Waals surface area contributed by atoms with E-state index in [1.54, 1.807) is 11.8 Å². The fraction of sp³-hybridized carbons (Fsp3) is 0.458. The fourth-order valence-corrected chi connectivity index (χ4v) is 4.13. The Morgan fingerprint density at radius 3 is 1.79 bits per heavy atom. The minimum atomic E-state index is -0.311. The van der Waals surface area contributed by atoms with Gasteiger partial charge in [-0.25, -0.2) is 0 Å². The Bertz CT molecular complexity index is 900. The zero-order chi connectivity index (χ0) is 21.4. The zero-order valence-corrected chi connectivity index (χ0v) is 19.3. The van der Waals surface area contributed by atoms with Gasteiger partial charge < -0.3 is 9.84 Å². The third-order valence-electron chi connectivity index (χ3n) is 4.66. The average molecular weight is 401 g/mol. The van der Waals surface area contributed by atoms with Crippen LogP contribution in [0, 0.1) is 13.8 Å². The minimum absolute atomic E-state index is 0.141. The molecule has 0 radical (unpaired) electrons. The van der Waals surface area contributed by atoms with Crippen molar-refractivity contribution in [3.05, 3.63) is 46.5 Å². The molecule has 2 rings (SSSR count). The molecule has 0 aliphatic carbocycles. The summed E-state index contributed by atoms with van der Waals surface area (Å²) in [5.41, 5.74) is 3.73. The highest BCUT2D eigenvalue weighted by molar-refractivity contribution is 7.99. The van der Waals surface area contributed by atoms with Crippen LogP contribution in [0.5, 0.6) is 11.5 Å². The summed E-state index contributed by atoms with van der Waals surface area (Å²) in [6.07, 6.45) is 0. The highest BCUT2D eigenvalue weighted by Gasteiger charge is 2.24. The molecule has 1 N–H and O–H groups in total. The van der Waals surface area contributed by atoms with Crippen LogP contribution in [0.2, 0.25) is 0 Å². The van der Waals surface area contributed by atoms with Crippen LogP contribution in [0.3, 0.4) is 0 Å². The first-order valence-corrected chi connectivity index (χ1v) is 10.4. The molecule has 2 aromatic rings. The number of carbonyl (C=O) groups excluding carboxylic acids is 1. The summed E-state index contributed by atoms with van der Waals surface area (Å²) in [5, 5.41) is 10.4. The molecule has 0 bridgehead atoms. The van der Waals surface area contributed by atoms with E-state index >= 15 is 0 Å². The lowest BCUT2D eigenvalue weighted by atomic mass is 9.86. The first-order chi connectivity index (χ1) is 12.7. The molecule has 4 heteroatoms. The molecule has 3 nitrogen and oxygen atoms in total. The molecular weight excluding hydrogens is 368 g/mol. The maximum Gasteiger partial charge on any atom is 0.308 e. The summed E-state index contributed by atoms with van der Waals surface area (Å²) in [5.74, 6) is 0.654. The SMILES string of the molecule is CC(=O)Oc1cc(C)c(Sc2cc(C(C)(C)C)c(O)cc2C)cc1C(C)(C)C. The summed E-state index contributed by atoms with van der Waals surface area (Å²) in [6.45, 7) is 18.1. The van der Waals surface area contributed by atoms with E-state index in [1.807, 2.05) is 26.0 Å². The van der Waals surface area contributed by atoms with Gasteiger partial charge in [0.2, 0.25) is 0 Å². The number of phenolic OH excluding ortho intramolecular Hbond substituents is 1. The maximum absolute atomic E-state index is 11.5. The average Bonchev–Trinajstić information content (AvgIpc) is 2.48. The van der Waals surface area contributed by atoms with Gasteiger partial charge in [0.25, 0.3) is 0 Å². The number of benzene rings is 2. The van der Waals surface area contributed by atoms with E-state index in [2.05, 4.69) is 53.7 Å². The highest BCUT2D eigenvalue weighted by Crippen LogP contribution is 2.42. The largest absolute Gasteiger partial charge is 0.508 e. The van der Waals surface area contributed by atoms with Crippen LogP contribution in [0.4, 0.5) is 0 Å². The van der Waals surface area contributed by atoms with Crippen molar-refractivity contribution in [1.29, 1.82) is 0 Å². The van der Waals surface area contributed by atoms with E-state index in [0.29, 0.717) is 11.5 Å². The molecule has 0 saturated heterocycles. The third-order valence-corrected chi connectivity index (χ3v) is 5.98. The first kappa shape index (κ1) is 22.4. The van der Waals surface area contributed by atoms with Gasteiger partial charge in [0.05, 0.1) is 0 Å². The van der Waals surface area contributed by atoms with Crippen LogP contribution < -0.4 is 4.74 Å². The number of aromatic hydroxyl groups is 1. The van der Waals surface area contributed by atoms with Gasteiger partial charge in [-0.15, -0.1) is 0 Å². The third kappa shape index (κ3) is 5.11. The molecule has 0 spiro atoms. The van der Waals surface area contributed by atoms with Gasteiger partial charge in [0.15, 0.2) is 0 Å². The second-order valence-electron chi connectivity index (χ2n) is 9.44. The fourth-order valence-electron chi connectivity index (χ4n) is 3.10. The van der Waals surface area contributed by atoms with Crippen molar-refractivity contribution < 1.29 is 14.6 Å². The summed E-state index contributed by atoms with van der Waals surface area (Å²) in [6, 6.07) is 8.01. The van der Waals surface area contributed by atoms with E-state index < -0.39 is 0 Å². The van der Waals surface area contributed by atoms with Crippen LogP contribution in [0.1, 0.15) is 70.7 Å². The molecule has 0 atom stereocenters. The van der Waals surface area contributed by atoms with Crippen molar-refractivity contribution in [2.45, 2.75) is 82.9 Å². The maximum atomic E-state index is 11.5. The van der Waals surface area contributed by atoms with Gasteiger partial charge in [-0.05, 0) is 60.1 Å². The van der Waals surface area contributed by atoms with Gasteiger partial charge in [-0.2, -0.15) is 0 Å². The molecular formula is C24H32O3S. The topological polar surface area (TPSA) is 46.5 Å². The molecule has 28 heavy (non-hydrogen) atoms. The number of ether oxygens (including phenoxy) is 1. The second kappa shape index (κ2) is 7.82. The number of aryl methyl sites for hydroxylation is 2. The molecule has 152 valence electrons. The summed E-state index contributed by atoms with van der Waals surface area (Å²) in [7, 11) is 0. The summed E-state index contributed by atoms with van der Waals surface area (Å²) >= 11 is 1.69. The van der Waals surface area contributed by atoms with E-state index in [0.717, 1.165) is 32.0 Å². The minimum Gasteiger partial charge on any atom is -0.508 e. The van der Waals surface area contributed by atoms with Crippen LogP contribution in [0.15, 0.2) is 34.1 Å². The van der Waals surface area contributed by atoms with Crippen molar-refractivity contribution >= 4 is 17.7 Å². The predicted molar refractivity (Wildman–Crippen MR) is 117 cm³/mol. The lowest BCUT2D eigenvalue weighted by Gasteiger charge is -2.25. The van der Waals surface area contributed by atoms with Gasteiger partial charge in [0.1, 0.15) is 11.5 Å². The van der Waals surface area contributed by atoms with Gasteiger partial charge in [-0.3, -0.25) is 4.79 Å². The number of hydrogen-bond acceptors (Lipinski definition) is 4. The van der Waals surface area contributed by atoms with Crippen molar-refractivity contribution in [1.82, 2.24) is 0 Å². The van der Waals surface area contributed by atoms with Crippen LogP contribution >= 0.6 is 11.8 Å². The normalized spacial score (nSPS) is 12.2. The van der Waals surface area contributed by atoms with E-state index in [-0.39, 0.29) is 16.8 Å². The van der Waals surface area contributed by atoms with E-state index in [4.69, 9.17) is 4.74 Å². The molecule has 0 amide bonds. The van der Waals surface area contributed by atoms with Crippen molar-refractivity contribution in [2.75, 3.05) is 0 Å². The summed E-state index contributed by atoms with van der Waals surface area (Å²) < 4.78 is 5.48. The first-order valence-electron chi connectivity index (χ1n) is 9.55. The number of esters is 1. The smallest absolute Gasteiger partial charge is 0.308 e. The standard InChI is InChI=1S/C24H32O3S/c1-14-10-19(26)17(23(4,5)6)12-21(14)28-22-13-18(24(7,8)9)20(11-15(22)2)27-16(3)25/h10-13,26H,1-9H3. The Morgan fingerprint density at radius 1 is 0.857 bits per heavy atom. The molecule has 0 aliphatic heterocycles. The molecule has 0 unspecified atom stereocenters. The molecule has 0 saturated carbocycles. The molecule has 0 heterocycles. The monoisotopic (exact) mass is 400 g/mol. The van der Waals surface area contributed by atoms with Gasteiger partial charge in [-0.1, -0.05) is 53.3 Å². The quantitative estimate of drug-likeness (QED) is 0.461. The van der Waals surface area contributed by atoms with Crippen molar-refractivity contribution in [3.63, 3.8) is 0 Å². The summed E-state index contributed by atoms with van der Waals surface area (Å²) in [4.78, 5) is 13.8. The van der Waals surface area contributed by atoms with Crippen molar-refractivity contribution in [2.24, 2.45) is 0 Å². The lowest BCUT2D eigenvalue weighted by molar-refractivity contribution is -0.131. The Morgan fingerprint density at radius 2 is 1.32 bits per heavy atom. The number of carbonyl (C=O) groups is 1. The van der Waals surface area contributed by atoms with Crippen LogP contribution in [-0.2, 0) is 15.6 Å². The number of phenols is 1. The van der Waals surface area contributed by atoms with Crippen LogP contribution in [0.25, 0.3) is 0 Å². The highest BCUT2D eigenvalue weighted by atomic mass is 32.2. The Labute approximate surface area is 173 Å². The lowest BCUT2D eigenvalue weighted by Crippen LogP contribution is -2.15. The number of rotatable bonds is 3.